The Morgan fingerprint density at radius 3 is 2.66 bits per heavy atom. The summed E-state index contributed by atoms with van der Waals surface area (Å²) in [7, 11) is 0. The van der Waals surface area contributed by atoms with Crippen LogP contribution in [0.4, 0.5) is 0 Å². The van der Waals surface area contributed by atoms with Gasteiger partial charge in [-0.05, 0) is 29.6 Å². The third-order valence-electron chi connectivity index (χ3n) is 6.29. The summed E-state index contributed by atoms with van der Waals surface area (Å²) in [6, 6.07) is 18.6. The fourth-order valence-electron chi connectivity index (χ4n) is 4.96. The van der Waals surface area contributed by atoms with Gasteiger partial charge < -0.3 is 9.80 Å². The molecule has 1 saturated heterocycles. The highest BCUT2D eigenvalue weighted by Gasteiger charge is 2.60. The molecule has 2 amide bonds. The van der Waals surface area contributed by atoms with E-state index in [1.807, 2.05) is 75.8 Å². The van der Waals surface area contributed by atoms with E-state index in [1.54, 1.807) is 23.1 Å². The number of benzene rings is 2. The maximum atomic E-state index is 13.9. The van der Waals surface area contributed by atoms with E-state index in [4.69, 9.17) is 16.6 Å². The molecule has 0 spiro atoms. The van der Waals surface area contributed by atoms with Gasteiger partial charge in [0, 0.05) is 40.6 Å². The molecule has 3 aromatic rings. The van der Waals surface area contributed by atoms with Crippen molar-refractivity contribution in [3.05, 3.63) is 92.6 Å². The molecule has 1 unspecified atom stereocenters. The predicted octanol–water partition coefficient (Wildman–Crippen LogP) is 4.46. The number of aliphatic imine (C=N–C) groups is 1. The van der Waals surface area contributed by atoms with Gasteiger partial charge in [-0.15, -0.1) is 23.1 Å². The van der Waals surface area contributed by atoms with Gasteiger partial charge in [-0.2, -0.15) is 0 Å². The second kappa shape index (κ2) is 7.47. The minimum absolute atomic E-state index is 0.0468. The van der Waals surface area contributed by atoms with Crippen LogP contribution in [0.5, 0.6) is 0 Å². The predicted molar refractivity (Wildman–Crippen MR) is 129 cm³/mol. The Morgan fingerprint density at radius 1 is 1.06 bits per heavy atom. The second-order valence-electron chi connectivity index (χ2n) is 7.91. The highest BCUT2D eigenvalue weighted by atomic mass is 35.5. The maximum absolute atomic E-state index is 13.9. The lowest BCUT2D eigenvalue weighted by Crippen LogP contribution is -2.54. The normalized spacial score (nSPS) is 24.0. The molecule has 160 valence electrons. The first-order valence-electron chi connectivity index (χ1n) is 10.3. The molecule has 6 rings (SSSR count). The number of carbonyl (C=O) groups is 2. The number of amides is 2. The van der Waals surface area contributed by atoms with E-state index in [9.17, 15) is 9.59 Å². The fraction of sp³-hybridized carbons (Fsp3) is 0.208. The monoisotopic (exact) mass is 479 g/mol. The Balaban J connectivity index is 1.47. The molecular formula is C24H18ClN3O2S2. The van der Waals surface area contributed by atoms with Crippen LogP contribution in [0.25, 0.3) is 0 Å². The van der Waals surface area contributed by atoms with E-state index >= 15 is 0 Å². The van der Waals surface area contributed by atoms with E-state index in [1.165, 1.54) is 0 Å². The minimum Gasteiger partial charge on any atom is -0.308 e. The number of hydrogen-bond acceptors (Lipinski definition) is 5. The van der Waals surface area contributed by atoms with Crippen LogP contribution in [0.1, 0.15) is 26.4 Å². The lowest BCUT2D eigenvalue weighted by Gasteiger charge is -2.41. The topological polar surface area (TPSA) is 53.0 Å². The molecule has 2 atom stereocenters. The zero-order chi connectivity index (χ0) is 21.9. The van der Waals surface area contributed by atoms with Gasteiger partial charge in [-0.3, -0.25) is 14.6 Å². The lowest BCUT2D eigenvalue weighted by molar-refractivity contribution is -0.137. The van der Waals surface area contributed by atoms with Crippen molar-refractivity contribution < 1.29 is 9.59 Å². The van der Waals surface area contributed by atoms with Crippen molar-refractivity contribution in [3.8, 4) is 0 Å². The minimum atomic E-state index is -0.971. The third-order valence-corrected chi connectivity index (χ3v) is 8.63. The molecule has 0 radical (unpaired) electrons. The van der Waals surface area contributed by atoms with Crippen molar-refractivity contribution in [2.75, 3.05) is 18.8 Å². The van der Waals surface area contributed by atoms with E-state index in [-0.39, 0.29) is 11.8 Å². The third kappa shape index (κ3) is 2.74. The fourth-order valence-corrected chi connectivity index (χ4v) is 6.97. The number of thiophene rings is 1. The first-order valence-corrected chi connectivity index (χ1v) is 12.6. The SMILES string of the molecule is O=C1c2ccccc2C2(c3ccc(Cl)cc3)N1CCN2C(=O)[C@@H]1CSC(c2cccs2)=N1. The number of nitrogens with zero attached hydrogens (tertiary/aromatic N) is 3. The summed E-state index contributed by atoms with van der Waals surface area (Å²) in [5.74, 6) is 0.509. The molecule has 8 heteroatoms. The van der Waals surface area contributed by atoms with E-state index < -0.39 is 11.7 Å². The molecular weight excluding hydrogens is 462 g/mol. The quantitative estimate of drug-likeness (QED) is 0.557. The number of fused-ring (bicyclic) bond motifs is 3. The zero-order valence-electron chi connectivity index (χ0n) is 16.9. The van der Waals surface area contributed by atoms with Gasteiger partial charge in [0.05, 0.1) is 4.88 Å². The number of thioether (sulfide) groups is 1. The largest absolute Gasteiger partial charge is 0.308 e. The van der Waals surface area contributed by atoms with Gasteiger partial charge in [-0.1, -0.05) is 48.0 Å². The highest BCUT2D eigenvalue weighted by Crippen LogP contribution is 2.50. The molecule has 0 bridgehead atoms. The van der Waals surface area contributed by atoms with Crippen LogP contribution in [-0.2, 0) is 10.5 Å². The average Bonchev–Trinajstić information content (AvgIpc) is 3.60. The smallest absolute Gasteiger partial charge is 0.256 e. The van der Waals surface area contributed by atoms with Gasteiger partial charge in [0.1, 0.15) is 11.1 Å². The van der Waals surface area contributed by atoms with Crippen molar-refractivity contribution >= 4 is 51.6 Å². The van der Waals surface area contributed by atoms with Gasteiger partial charge >= 0.3 is 0 Å². The molecule has 1 aromatic heterocycles. The van der Waals surface area contributed by atoms with Crippen LogP contribution in [0.3, 0.4) is 0 Å². The van der Waals surface area contributed by atoms with Gasteiger partial charge in [0.25, 0.3) is 11.8 Å². The van der Waals surface area contributed by atoms with E-state index in [0.29, 0.717) is 29.4 Å². The number of halogens is 1. The summed E-state index contributed by atoms with van der Waals surface area (Å²) in [4.78, 5) is 36.8. The Labute approximate surface area is 198 Å². The molecule has 2 aromatic carbocycles. The number of hydrogen-bond donors (Lipinski definition) is 0. The Bertz CT molecular complexity index is 1260. The average molecular weight is 480 g/mol. The Kier molecular flexibility index (Phi) is 4.68. The number of carbonyl (C=O) groups excluding carboxylic acids is 2. The van der Waals surface area contributed by atoms with E-state index in [0.717, 1.165) is 21.0 Å². The summed E-state index contributed by atoms with van der Waals surface area (Å²) >= 11 is 9.42. The molecule has 32 heavy (non-hydrogen) atoms. The molecule has 0 N–H and O–H groups in total. The van der Waals surface area contributed by atoms with Crippen LogP contribution < -0.4 is 0 Å². The van der Waals surface area contributed by atoms with Crippen molar-refractivity contribution in [2.45, 2.75) is 11.7 Å². The summed E-state index contributed by atoms with van der Waals surface area (Å²) in [6.45, 7) is 0.940. The first kappa shape index (κ1) is 20.0. The molecule has 3 aliphatic heterocycles. The molecule has 1 fully saturated rings. The molecule has 4 heterocycles. The van der Waals surface area contributed by atoms with E-state index in [2.05, 4.69) is 0 Å². The van der Waals surface area contributed by atoms with Crippen LogP contribution in [0, 0.1) is 0 Å². The molecule has 0 saturated carbocycles. The maximum Gasteiger partial charge on any atom is 0.256 e. The van der Waals surface area contributed by atoms with Crippen LogP contribution >= 0.6 is 34.7 Å². The summed E-state index contributed by atoms with van der Waals surface area (Å²) < 4.78 is 0. The van der Waals surface area contributed by atoms with Crippen molar-refractivity contribution in [3.63, 3.8) is 0 Å². The van der Waals surface area contributed by atoms with Gasteiger partial charge in [0.2, 0.25) is 0 Å². The first-order chi connectivity index (χ1) is 15.6. The summed E-state index contributed by atoms with van der Waals surface area (Å²) in [5, 5.41) is 3.54. The molecule has 5 nitrogen and oxygen atoms in total. The van der Waals surface area contributed by atoms with Crippen LogP contribution in [0.15, 0.2) is 71.0 Å². The second-order valence-corrected chi connectivity index (χ2v) is 10.3. The highest BCUT2D eigenvalue weighted by molar-refractivity contribution is 8.15. The van der Waals surface area contributed by atoms with Gasteiger partial charge in [-0.25, -0.2) is 0 Å². The zero-order valence-corrected chi connectivity index (χ0v) is 19.3. The Morgan fingerprint density at radius 2 is 1.88 bits per heavy atom. The van der Waals surface area contributed by atoms with Crippen LogP contribution in [0.2, 0.25) is 5.02 Å². The van der Waals surface area contributed by atoms with Gasteiger partial charge in [0.15, 0.2) is 5.66 Å². The van der Waals surface area contributed by atoms with Crippen molar-refractivity contribution in [1.29, 1.82) is 0 Å². The summed E-state index contributed by atoms with van der Waals surface area (Å²) in [6.07, 6.45) is 0. The van der Waals surface area contributed by atoms with Crippen molar-refractivity contribution in [2.24, 2.45) is 4.99 Å². The standard InChI is InChI=1S/C24H18ClN3O2S2/c25-16-9-7-15(8-10-16)24-18-5-2-1-4-17(18)22(29)27(24)11-12-28(24)23(30)19-14-32-21(26-19)20-6-3-13-31-20/h1-10,13,19H,11-12,14H2/t19-,24?/m0/s1. The lowest BCUT2D eigenvalue weighted by atomic mass is 9.89. The van der Waals surface area contributed by atoms with Crippen LogP contribution in [-0.4, -0.2) is 51.5 Å². The molecule has 0 aliphatic carbocycles. The number of rotatable bonds is 3. The Hall–Kier alpha value is -2.61. The summed E-state index contributed by atoms with van der Waals surface area (Å²) in [5.41, 5.74) is 1.37. The molecule has 3 aliphatic rings. The van der Waals surface area contributed by atoms with Crippen molar-refractivity contribution in [1.82, 2.24) is 9.80 Å².